The van der Waals surface area contributed by atoms with Crippen LogP contribution < -0.4 is 0 Å². The number of aromatic hydroxyl groups is 1. The van der Waals surface area contributed by atoms with E-state index in [2.05, 4.69) is 47.8 Å². The molecule has 0 spiro atoms. The molecule has 0 radical (unpaired) electrons. The Hall–Kier alpha value is 0.460. The summed E-state index contributed by atoms with van der Waals surface area (Å²) in [7, 11) is 0. The predicted octanol–water partition coefficient (Wildman–Crippen LogP) is 3.82. The monoisotopic (exact) mass is 370 g/mol. The van der Waals surface area contributed by atoms with Crippen LogP contribution in [0.3, 0.4) is 0 Å². The van der Waals surface area contributed by atoms with Gasteiger partial charge in [-0.2, -0.15) is 0 Å². The summed E-state index contributed by atoms with van der Waals surface area (Å²) in [5.41, 5.74) is 0.927. The van der Waals surface area contributed by atoms with Gasteiger partial charge < -0.3 is 5.11 Å². The summed E-state index contributed by atoms with van der Waals surface area (Å²) in [6.07, 6.45) is 0.727. The number of para-hydroxylation sites is 1. The van der Waals surface area contributed by atoms with Crippen molar-refractivity contribution in [1.29, 1.82) is 0 Å². The van der Waals surface area contributed by atoms with E-state index in [4.69, 9.17) is 0 Å². The minimum Gasteiger partial charge on any atom is -0.508 e. The molecule has 0 fully saturated rings. The predicted molar refractivity (Wildman–Crippen MR) is 66.2 cm³/mol. The van der Waals surface area contributed by atoms with Crippen molar-refractivity contribution >= 4 is 47.8 Å². The Kier molecular flexibility index (Phi) is 4.26. The third-order valence-corrected chi connectivity index (χ3v) is 5.22. The van der Waals surface area contributed by atoms with E-state index in [1.807, 2.05) is 18.2 Å². The summed E-state index contributed by atoms with van der Waals surface area (Å²) in [6.45, 7) is 0. The average Bonchev–Trinajstić information content (AvgIpc) is 2.09. The van der Waals surface area contributed by atoms with Crippen molar-refractivity contribution in [2.75, 3.05) is 5.33 Å². The molecule has 0 amide bonds. The Labute approximate surface area is 103 Å². The third kappa shape index (κ3) is 3.60. The zero-order chi connectivity index (χ0) is 9.90. The molecule has 0 bridgehead atoms. The molecule has 1 nitrogen and oxygen atoms in total. The number of rotatable bonds is 3. The van der Waals surface area contributed by atoms with E-state index in [0.29, 0.717) is 5.75 Å². The van der Waals surface area contributed by atoms with Crippen LogP contribution in [0.2, 0.25) is 0 Å². The number of benzene rings is 1. The van der Waals surface area contributed by atoms with Gasteiger partial charge in [-0.25, -0.2) is 0 Å². The van der Waals surface area contributed by atoms with Crippen LogP contribution in [0, 0.1) is 0 Å². The van der Waals surface area contributed by atoms with Gasteiger partial charge in [-0.3, -0.25) is 0 Å². The Morgan fingerprint density at radius 1 is 1.23 bits per heavy atom. The molecule has 0 aliphatic rings. The van der Waals surface area contributed by atoms with Crippen molar-refractivity contribution in [3.8, 4) is 5.75 Å². The minimum absolute atomic E-state index is 0.182. The highest BCUT2D eigenvalue weighted by Crippen LogP contribution is 2.34. The van der Waals surface area contributed by atoms with Crippen molar-refractivity contribution in [1.82, 2.24) is 0 Å². The molecule has 0 atom stereocenters. The standard InChI is InChI=1S/C9H9Br3O/c10-6-9(11,12)5-7-3-1-2-4-8(7)13/h1-4,13H,5-6H2. The number of phenolic OH excluding ortho intramolecular Hbond substituents is 1. The van der Waals surface area contributed by atoms with Gasteiger partial charge in [-0.15, -0.1) is 0 Å². The lowest BCUT2D eigenvalue weighted by molar-refractivity contribution is 0.467. The van der Waals surface area contributed by atoms with E-state index in [1.165, 1.54) is 0 Å². The molecule has 1 aromatic carbocycles. The number of halogens is 3. The Morgan fingerprint density at radius 3 is 2.38 bits per heavy atom. The Balaban J connectivity index is 2.80. The van der Waals surface area contributed by atoms with Crippen molar-refractivity contribution in [2.24, 2.45) is 0 Å². The minimum atomic E-state index is -0.182. The van der Waals surface area contributed by atoms with Gasteiger partial charge in [0.15, 0.2) is 0 Å². The van der Waals surface area contributed by atoms with Gasteiger partial charge in [0.2, 0.25) is 0 Å². The molecule has 1 N–H and O–H groups in total. The fourth-order valence-electron chi connectivity index (χ4n) is 0.986. The van der Waals surface area contributed by atoms with Crippen LogP contribution in [0.5, 0.6) is 5.75 Å². The highest BCUT2D eigenvalue weighted by atomic mass is 79.9. The smallest absolute Gasteiger partial charge is 0.118 e. The fourth-order valence-corrected chi connectivity index (χ4v) is 1.79. The number of phenols is 1. The lowest BCUT2D eigenvalue weighted by Crippen LogP contribution is -2.16. The molecule has 0 aliphatic heterocycles. The van der Waals surface area contributed by atoms with E-state index in [9.17, 15) is 5.11 Å². The van der Waals surface area contributed by atoms with E-state index >= 15 is 0 Å². The highest BCUT2D eigenvalue weighted by molar-refractivity contribution is 9.26. The summed E-state index contributed by atoms with van der Waals surface area (Å²) in [5.74, 6) is 0.340. The molecule has 1 aromatic rings. The van der Waals surface area contributed by atoms with Crippen molar-refractivity contribution < 1.29 is 5.11 Å². The Bertz CT molecular complexity index is 286. The lowest BCUT2D eigenvalue weighted by atomic mass is 10.1. The van der Waals surface area contributed by atoms with Gasteiger partial charge in [0.1, 0.15) is 5.75 Å². The first kappa shape index (κ1) is 11.5. The van der Waals surface area contributed by atoms with Crippen molar-refractivity contribution in [3.05, 3.63) is 29.8 Å². The largest absolute Gasteiger partial charge is 0.508 e. The fraction of sp³-hybridized carbons (Fsp3) is 0.333. The quantitative estimate of drug-likeness (QED) is 0.800. The topological polar surface area (TPSA) is 20.2 Å². The zero-order valence-corrected chi connectivity index (χ0v) is 11.6. The summed E-state index contributed by atoms with van der Waals surface area (Å²) in [5, 5.41) is 10.3. The second-order valence-electron chi connectivity index (χ2n) is 2.80. The summed E-state index contributed by atoms with van der Waals surface area (Å²) < 4.78 is -0.182. The van der Waals surface area contributed by atoms with Gasteiger partial charge >= 0.3 is 0 Å². The van der Waals surface area contributed by atoms with E-state index in [1.54, 1.807) is 6.07 Å². The molecule has 72 valence electrons. The van der Waals surface area contributed by atoms with Crippen LogP contribution in [-0.2, 0) is 6.42 Å². The average molecular weight is 373 g/mol. The van der Waals surface area contributed by atoms with Crippen LogP contribution in [0.25, 0.3) is 0 Å². The van der Waals surface area contributed by atoms with E-state index in [-0.39, 0.29) is 3.23 Å². The maximum Gasteiger partial charge on any atom is 0.118 e. The zero-order valence-electron chi connectivity index (χ0n) is 6.80. The Morgan fingerprint density at radius 2 is 1.85 bits per heavy atom. The van der Waals surface area contributed by atoms with Gasteiger partial charge in [0.05, 0.1) is 3.23 Å². The molecule has 13 heavy (non-hydrogen) atoms. The molecular formula is C9H9Br3O. The molecule has 0 aromatic heterocycles. The number of hydrogen-bond donors (Lipinski definition) is 1. The number of alkyl halides is 3. The van der Waals surface area contributed by atoms with Gasteiger partial charge in [0.25, 0.3) is 0 Å². The van der Waals surface area contributed by atoms with E-state index < -0.39 is 0 Å². The van der Waals surface area contributed by atoms with Crippen LogP contribution in [0.15, 0.2) is 24.3 Å². The molecule has 4 heteroatoms. The second kappa shape index (κ2) is 4.80. The van der Waals surface area contributed by atoms with Crippen LogP contribution >= 0.6 is 47.8 Å². The first-order chi connectivity index (χ1) is 6.05. The summed E-state index contributed by atoms with van der Waals surface area (Å²) in [4.78, 5) is 0. The summed E-state index contributed by atoms with van der Waals surface area (Å²) >= 11 is 10.4. The van der Waals surface area contributed by atoms with Crippen molar-refractivity contribution in [3.63, 3.8) is 0 Å². The first-order valence-electron chi connectivity index (χ1n) is 3.76. The highest BCUT2D eigenvalue weighted by Gasteiger charge is 2.22. The second-order valence-corrected chi connectivity index (χ2v) is 7.46. The van der Waals surface area contributed by atoms with Crippen LogP contribution in [-0.4, -0.2) is 13.7 Å². The molecule has 0 saturated carbocycles. The molecule has 1 rings (SSSR count). The molecule has 0 aliphatic carbocycles. The molecular weight excluding hydrogens is 364 g/mol. The van der Waals surface area contributed by atoms with E-state index in [0.717, 1.165) is 17.3 Å². The molecule has 0 heterocycles. The maximum absolute atomic E-state index is 9.51. The first-order valence-corrected chi connectivity index (χ1v) is 6.46. The van der Waals surface area contributed by atoms with Gasteiger partial charge in [0, 0.05) is 11.8 Å². The maximum atomic E-state index is 9.51. The SMILES string of the molecule is Oc1ccccc1CC(Br)(Br)CBr. The normalized spacial score (nSPS) is 11.6. The van der Waals surface area contributed by atoms with Gasteiger partial charge in [-0.1, -0.05) is 66.0 Å². The molecule has 0 unspecified atom stereocenters. The molecule has 0 saturated heterocycles. The lowest BCUT2D eigenvalue weighted by Gasteiger charge is -2.17. The van der Waals surface area contributed by atoms with Crippen LogP contribution in [0.4, 0.5) is 0 Å². The van der Waals surface area contributed by atoms with Crippen LogP contribution in [0.1, 0.15) is 5.56 Å². The van der Waals surface area contributed by atoms with Crippen molar-refractivity contribution in [2.45, 2.75) is 9.65 Å². The number of hydrogen-bond acceptors (Lipinski definition) is 1. The summed E-state index contributed by atoms with van der Waals surface area (Å²) in [6, 6.07) is 7.34. The van der Waals surface area contributed by atoms with Gasteiger partial charge in [-0.05, 0) is 11.6 Å². The third-order valence-electron chi connectivity index (χ3n) is 1.64.